The van der Waals surface area contributed by atoms with Crippen LogP contribution in [0.1, 0.15) is 31.2 Å². The maximum absolute atomic E-state index is 5.72. The lowest BCUT2D eigenvalue weighted by Gasteiger charge is -2.26. The molecule has 2 aromatic carbocycles. The van der Waals surface area contributed by atoms with Crippen LogP contribution in [0.3, 0.4) is 0 Å². The van der Waals surface area contributed by atoms with Gasteiger partial charge >= 0.3 is 0 Å². The molecule has 0 unspecified atom stereocenters. The maximum atomic E-state index is 5.72. The molecule has 0 saturated carbocycles. The van der Waals surface area contributed by atoms with Crippen LogP contribution in [0.4, 0.5) is 0 Å². The highest BCUT2D eigenvalue weighted by Crippen LogP contribution is 2.30. The zero-order valence-corrected chi connectivity index (χ0v) is 16.9. The number of H-pyrrole nitrogens is 1. The fourth-order valence-corrected chi connectivity index (χ4v) is 4.52. The average Bonchev–Trinajstić information content (AvgIpc) is 3.34. The molecule has 2 aromatic heterocycles. The SMILES string of the molecule is NCCCn1nc(-c2cc3cc(CN4CCCCC4)ccc3[nH]2)c2ccccc21. The lowest BCUT2D eigenvalue weighted by molar-refractivity contribution is 0.221. The summed E-state index contributed by atoms with van der Waals surface area (Å²) in [4.78, 5) is 6.16. The van der Waals surface area contributed by atoms with E-state index in [1.54, 1.807) is 0 Å². The molecule has 29 heavy (non-hydrogen) atoms. The number of benzene rings is 2. The second-order valence-electron chi connectivity index (χ2n) is 8.17. The molecule has 1 saturated heterocycles. The summed E-state index contributed by atoms with van der Waals surface area (Å²) in [7, 11) is 0. The summed E-state index contributed by atoms with van der Waals surface area (Å²) in [6.45, 7) is 5.02. The molecule has 0 radical (unpaired) electrons. The number of para-hydroxylation sites is 1. The van der Waals surface area contributed by atoms with Crippen LogP contribution in [0.25, 0.3) is 33.2 Å². The first-order valence-corrected chi connectivity index (χ1v) is 10.8. The fourth-order valence-electron chi connectivity index (χ4n) is 4.52. The zero-order valence-electron chi connectivity index (χ0n) is 16.9. The van der Waals surface area contributed by atoms with Gasteiger partial charge in [-0.15, -0.1) is 0 Å². The lowest BCUT2D eigenvalue weighted by Crippen LogP contribution is -2.28. The van der Waals surface area contributed by atoms with Crippen LogP contribution in [-0.2, 0) is 13.1 Å². The van der Waals surface area contributed by atoms with Gasteiger partial charge in [0, 0.05) is 29.4 Å². The van der Waals surface area contributed by atoms with Gasteiger partial charge in [0.2, 0.25) is 0 Å². The zero-order chi connectivity index (χ0) is 19.6. The summed E-state index contributed by atoms with van der Waals surface area (Å²) in [5, 5.41) is 7.37. The van der Waals surface area contributed by atoms with Crippen molar-refractivity contribution >= 4 is 21.8 Å². The lowest BCUT2D eigenvalue weighted by atomic mass is 10.1. The van der Waals surface area contributed by atoms with E-state index in [1.165, 1.54) is 59.7 Å². The number of aromatic nitrogens is 3. The minimum Gasteiger partial charge on any atom is -0.353 e. The van der Waals surface area contributed by atoms with Gasteiger partial charge in [0.05, 0.1) is 11.2 Å². The van der Waals surface area contributed by atoms with Gasteiger partial charge in [-0.1, -0.05) is 30.7 Å². The summed E-state index contributed by atoms with van der Waals surface area (Å²) in [5.41, 5.74) is 11.5. The molecule has 0 aliphatic carbocycles. The molecule has 1 aliphatic heterocycles. The van der Waals surface area contributed by atoms with Crippen molar-refractivity contribution in [2.75, 3.05) is 19.6 Å². The Morgan fingerprint density at radius 3 is 2.72 bits per heavy atom. The summed E-state index contributed by atoms with van der Waals surface area (Å²) in [6.07, 6.45) is 4.97. The Kier molecular flexibility index (Phi) is 5.08. The summed E-state index contributed by atoms with van der Waals surface area (Å²) in [6, 6.07) is 17.5. The van der Waals surface area contributed by atoms with Crippen molar-refractivity contribution in [1.82, 2.24) is 19.7 Å². The van der Waals surface area contributed by atoms with Crippen molar-refractivity contribution in [1.29, 1.82) is 0 Å². The fraction of sp³-hybridized carbons (Fsp3) is 0.375. The number of nitrogens with one attached hydrogen (secondary N) is 1. The van der Waals surface area contributed by atoms with Gasteiger partial charge in [-0.3, -0.25) is 9.58 Å². The van der Waals surface area contributed by atoms with E-state index in [0.29, 0.717) is 6.54 Å². The van der Waals surface area contributed by atoms with Crippen molar-refractivity contribution in [2.45, 2.75) is 38.8 Å². The van der Waals surface area contributed by atoms with E-state index in [4.69, 9.17) is 10.8 Å². The van der Waals surface area contributed by atoms with Crippen molar-refractivity contribution in [2.24, 2.45) is 5.73 Å². The molecule has 5 nitrogen and oxygen atoms in total. The topological polar surface area (TPSA) is 62.9 Å². The largest absolute Gasteiger partial charge is 0.353 e. The van der Waals surface area contributed by atoms with Gasteiger partial charge in [-0.05, 0) is 68.7 Å². The number of likely N-dealkylation sites (tertiary alicyclic amines) is 1. The Balaban J connectivity index is 1.49. The molecule has 0 atom stereocenters. The number of nitrogens with zero attached hydrogens (tertiary/aromatic N) is 3. The minimum atomic E-state index is 0.676. The van der Waals surface area contributed by atoms with Crippen molar-refractivity contribution in [3.8, 4) is 11.4 Å². The molecular formula is C24H29N5. The normalized spacial score (nSPS) is 15.5. The third kappa shape index (κ3) is 3.68. The number of aromatic amines is 1. The number of fused-ring (bicyclic) bond motifs is 2. The monoisotopic (exact) mass is 387 g/mol. The second-order valence-corrected chi connectivity index (χ2v) is 8.17. The third-order valence-corrected chi connectivity index (χ3v) is 6.03. The third-order valence-electron chi connectivity index (χ3n) is 6.03. The molecule has 3 heterocycles. The van der Waals surface area contributed by atoms with Gasteiger partial charge in [-0.2, -0.15) is 5.10 Å². The van der Waals surface area contributed by atoms with E-state index in [1.807, 2.05) is 0 Å². The van der Waals surface area contributed by atoms with Crippen LogP contribution in [0.15, 0.2) is 48.5 Å². The number of hydrogen-bond acceptors (Lipinski definition) is 3. The smallest absolute Gasteiger partial charge is 0.116 e. The predicted octanol–water partition coefficient (Wildman–Crippen LogP) is 4.52. The minimum absolute atomic E-state index is 0.676. The Labute approximate surface area is 171 Å². The van der Waals surface area contributed by atoms with Gasteiger partial charge < -0.3 is 10.7 Å². The standard InChI is InChI=1S/C24H29N5/c25-11-6-14-29-23-8-3-2-7-20(23)24(27-29)22-16-19-15-18(9-10-21(19)26-22)17-28-12-4-1-5-13-28/h2-3,7-10,15-16,26H,1,4-6,11-14,17,25H2. The molecule has 1 fully saturated rings. The van der Waals surface area contributed by atoms with Crippen LogP contribution in [0.5, 0.6) is 0 Å². The van der Waals surface area contributed by atoms with Gasteiger partial charge in [-0.25, -0.2) is 0 Å². The molecule has 4 aromatic rings. The summed E-state index contributed by atoms with van der Waals surface area (Å²) >= 11 is 0. The van der Waals surface area contributed by atoms with Crippen molar-refractivity contribution in [3.63, 3.8) is 0 Å². The Morgan fingerprint density at radius 2 is 1.86 bits per heavy atom. The summed E-state index contributed by atoms with van der Waals surface area (Å²) < 4.78 is 2.09. The van der Waals surface area contributed by atoms with E-state index < -0.39 is 0 Å². The van der Waals surface area contributed by atoms with Gasteiger partial charge in [0.1, 0.15) is 5.69 Å². The number of hydrogen-bond donors (Lipinski definition) is 2. The number of aryl methyl sites for hydroxylation is 1. The van der Waals surface area contributed by atoms with Crippen LogP contribution < -0.4 is 5.73 Å². The van der Waals surface area contributed by atoms with Crippen LogP contribution >= 0.6 is 0 Å². The first kappa shape index (κ1) is 18.4. The van der Waals surface area contributed by atoms with Crippen molar-refractivity contribution < 1.29 is 0 Å². The molecule has 3 N–H and O–H groups in total. The average molecular weight is 388 g/mol. The molecular weight excluding hydrogens is 358 g/mol. The molecule has 0 amide bonds. The van der Waals surface area contributed by atoms with Gasteiger partial charge in [0.15, 0.2) is 0 Å². The van der Waals surface area contributed by atoms with Crippen molar-refractivity contribution in [3.05, 3.63) is 54.1 Å². The molecule has 150 valence electrons. The molecule has 1 aliphatic rings. The van der Waals surface area contributed by atoms with Crippen LogP contribution in [0, 0.1) is 0 Å². The quantitative estimate of drug-likeness (QED) is 0.511. The highest BCUT2D eigenvalue weighted by Gasteiger charge is 2.15. The predicted molar refractivity (Wildman–Crippen MR) is 120 cm³/mol. The summed E-state index contributed by atoms with van der Waals surface area (Å²) in [5.74, 6) is 0. The highest BCUT2D eigenvalue weighted by atomic mass is 15.3. The highest BCUT2D eigenvalue weighted by molar-refractivity contribution is 5.96. The Morgan fingerprint density at radius 1 is 1.00 bits per heavy atom. The first-order chi connectivity index (χ1) is 14.3. The van der Waals surface area contributed by atoms with Crippen LogP contribution in [0.2, 0.25) is 0 Å². The van der Waals surface area contributed by atoms with E-state index >= 15 is 0 Å². The molecule has 0 spiro atoms. The van der Waals surface area contributed by atoms with Gasteiger partial charge in [0.25, 0.3) is 0 Å². The number of rotatable bonds is 6. The van der Waals surface area contributed by atoms with E-state index in [-0.39, 0.29) is 0 Å². The molecule has 0 bridgehead atoms. The molecule has 5 rings (SSSR count). The van der Waals surface area contributed by atoms with E-state index in [2.05, 4.69) is 63.1 Å². The molecule has 5 heteroatoms. The Hall–Kier alpha value is -2.63. The number of piperidine rings is 1. The van der Waals surface area contributed by atoms with E-state index in [9.17, 15) is 0 Å². The first-order valence-electron chi connectivity index (χ1n) is 10.8. The van der Waals surface area contributed by atoms with E-state index in [0.717, 1.165) is 30.9 Å². The second kappa shape index (κ2) is 8.01. The Bertz CT molecular complexity index is 1120. The maximum Gasteiger partial charge on any atom is 0.116 e. The number of nitrogens with two attached hydrogens (primary N) is 1. The van der Waals surface area contributed by atoms with Crippen LogP contribution in [-0.4, -0.2) is 39.3 Å².